The molecule has 0 heterocycles. The Hall–Kier alpha value is -2.61. The first-order chi connectivity index (χ1) is 10.9. The van der Waals surface area contributed by atoms with E-state index in [-0.39, 0.29) is 17.2 Å². The van der Waals surface area contributed by atoms with Gasteiger partial charge in [0.15, 0.2) is 0 Å². The van der Waals surface area contributed by atoms with Crippen molar-refractivity contribution < 1.29 is 26.9 Å². The van der Waals surface area contributed by atoms with Gasteiger partial charge in [-0.1, -0.05) is 12.1 Å². The van der Waals surface area contributed by atoms with Gasteiger partial charge in [0.2, 0.25) is 0 Å². The molecule has 0 radical (unpaired) electrons. The number of rotatable bonds is 6. The summed E-state index contributed by atoms with van der Waals surface area (Å²) in [6.07, 6.45) is -0.632. The number of hydrogen-bond acceptors (Lipinski definition) is 4. The summed E-state index contributed by atoms with van der Waals surface area (Å²) in [5.41, 5.74) is 0.824. The van der Waals surface area contributed by atoms with Crippen LogP contribution in [0.2, 0.25) is 0 Å². The number of halogens is 1. The number of carboxylic acid groups (broad SMARTS) is 1. The van der Waals surface area contributed by atoms with Crippen LogP contribution in [-0.2, 0) is 16.5 Å². The number of carbonyl (C=O) groups is 1. The van der Waals surface area contributed by atoms with Crippen molar-refractivity contribution in [3.63, 3.8) is 0 Å². The maximum absolute atomic E-state index is 12.8. The van der Waals surface area contributed by atoms with E-state index in [0.29, 0.717) is 6.42 Å². The summed E-state index contributed by atoms with van der Waals surface area (Å²) in [6.45, 7) is 0.253. The van der Waals surface area contributed by atoms with Crippen LogP contribution in [-0.4, -0.2) is 26.2 Å². The average Bonchev–Trinajstić information content (AvgIpc) is 2.49. The Bertz CT molecular complexity index is 773. The van der Waals surface area contributed by atoms with Gasteiger partial charge >= 0.3 is 16.2 Å². The van der Waals surface area contributed by atoms with E-state index in [1.807, 2.05) is 0 Å². The van der Waals surface area contributed by atoms with Crippen LogP contribution < -0.4 is 9.50 Å². The normalized spacial score (nSPS) is 11.0. The number of benzene rings is 2. The molecule has 0 atom stereocenters. The Morgan fingerprint density at radius 1 is 1.09 bits per heavy atom. The zero-order chi connectivity index (χ0) is 16.9. The fourth-order valence-electron chi connectivity index (χ4n) is 1.80. The molecule has 0 saturated heterocycles. The Labute approximate surface area is 132 Å². The highest BCUT2D eigenvalue weighted by Crippen LogP contribution is 2.19. The second-order valence-corrected chi connectivity index (χ2v) is 6.16. The number of amides is 1. The molecule has 0 fully saturated rings. The van der Waals surface area contributed by atoms with Crippen LogP contribution in [0.3, 0.4) is 0 Å². The summed E-state index contributed by atoms with van der Waals surface area (Å²) in [6, 6.07) is 10.5. The molecule has 0 unspecified atom stereocenters. The molecule has 1 amide bonds. The van der Waals surface area contributed by atoms with E-state index in [4.69, 9.17) is 9.29 Å². The predicted octanol–water partition coefficient (Wildman–Crippen LogP) is 2.40. The van der Waals surface area contributed by atoms with Crippen molar-refractivity contribution in [1.82, 2.24) is 5.32 Å². The highest BCUT2D eigenvalue weighted by Gasteiger charge is 2.16. The molecule has 0 bridgehead atoms. The Balaban J connectivity index is 2.02. The maximum atomic E-state index is 12.8. The summed E-state index contributed by atoms with van der Waals surface area (Å²) >= 11 is 0. The van der Waals surface area contributed by atoms with Gasteiger partial charge in [-0.3, -0.25) is 0 Å². The fraction of sp³-hybridized carbons (Fsp3) is 0.133. The van der Waals surface area contributed by atoms with Crippen molar-refractivity contribution in [2.45, 2.75) is 11.3 Å². The predicted molar refractivity (Wildman–Crippen MR) is 80.4 cm³/mol. The third-order valence-corrected chi connectivity index (χ3v) is 4.18. The van der Waals surface area contributed by atoms with Gasteiger partial charge in [0.1, 0.15) is 16.5 Å². The van der Waals surface area contributed by atoms with Crippen LogP contribution in [0.25, 0.3) is 0 Å². The van der Waals surface area contributed by atoms with Gasteiger partial charge in [0, 0.05) is 6.54 Å². The van der Waals surface area contributed by atoms with Gasteiger partial charge < -0.3 is 14.6 Å². The smallest absolute Gasteiger partial charge is 0.404 e. The van der Waals surface area contributed by atoms with Gasteiger partial charge in [-0.2, -0.15) is 8.42 Å². The summed E-state index contributed by atoms with van der Waals surface area (Å²) in [5, 5.41) is 10.7. The van der Waals surface area contributed by atoms with Crippen LogP contribution in [0.15, 0.2) is 53.4 Å². The third kappa shape index (κ3) is 4.96. The highest BCUT2D eigenvalue weighted by atomic mass is 32.2. The van der Waals surface area contributed by atoms with Crippen LogP contribution >= 0.6 is 0 Å². The lowest BCUT2D eigenvalue weighted by atomic mass is 10.1. The molecule has 2 N–H and O–H groups in total. The molecule has 2 aromatic rings. The third-order valence-electron chi connectivity index (χ3n) is 2.92. The monoisotopic (exact) mass is 339 g/mol. The molecule has 0 aliphatic heterocycles. The lowest BCUT2D eigenvalue weighted by molar-refractivity contribution is 0.194. The molecule has 6 nitrogen and oxygen atoms in total. The van der Waals surface area contributed by atoms with Crippen molar-refractivity contribution in [1.29, 1.82) is 0 Å². The topological polar surface area (TPSA) is 92.7 Å². The van der Waals surface area contributed by atoms with Crippen molar-refractivity contribution in [2.75, 3.05) is 6.54 Å². The van der Waals surface area contributed by atoms with Crippen LogP contribution in [0.4, 0.5) is 9.18 Å². The summed E-state index contributed by atoms with van der Waals surface area (Å²) in [7, 11) is -4.03. The van der Waals surface area contributed by atoms with E-state index in [2.05, 4.69) is 5.32 Å². The molecular weight excluding hydrogens is 325 g/mol. The van der Waals surface area contributed by atoms with E-state index in [0.717, 1.165) is 29.8 Å². The average molecular weight is 339 g/mol. The number of nitrogens with one attached hydrogen (secondary N) is 1. The quantitative estimate of drug-likeness (QED) is 0.789. The van der Waals surface area contributed by atoms with Crippen molar-refractivity contribution in [3.05, 3.63) is 59.9 Å². The standard InChI is InChI=1S/C15H14FNO5S/c16-12-3-7-14(8-4-12)23(20,21)22-13-5-1-11(2-6-13)9-10-17-15(18)19/h1-8,17H,9-10H2,(H,18,19). The SMILES string of the molecule is O=C(O)NCCc1ccc(OS(=O)(=O)c2ccc(F)cc2)cc1. The second-order valence-electron chi connectivity index (χ2n) is 4.62. The largest absolute Gasteiger partial charge is 0.465 e. The summed E-state index contributed by atoms with van der Waals surface area (Å²) in [4.78, 5) is 10.2. The molecule has 0 aromatic heterocycles. The van der Waals surface area contributed by atoms with E-state index in [1.165, 1.54) is 12.1 Å². The Morgan fingerprint density at radius 2 is 1.70 bits per heavy atom. The lowest BCUT2D eigenvalue weighted by Crippen LogP contribution is -2.23. The highest BCUT2D eigenvalue weighted by molar-refractivity contribution is 7.87. The van der Waals surface area contributed by atoms with E-state index < -0.39 is 22.0 Å². The van der Waals surface area contributed by atoms with Crippen LogP contribution in [0.1, 0.15) is 5.56 Å². The molecular formula is C15H14FNO5S. The molecule has 2 aromatic carbocycles. The van der Waals surface area contributed by atoms with Gasteiger partial charge in [-0.05, 0) is 48.4 Å². The minimum atomic E-state index is -4.03. The first kappa shape index (κ1) is 16.8. The van der Waals surface area contributed by atoms with Crippen molar-refractivity contribution >= 4 is 16.2 Å². The molecule has 0 aliphatic carbocycles. The van der Waals surface area contributed by atoms with Crippen LogP contribution in [0.5, 0.6) is 5.75 Å². The molecule has 122 valence electrons. The van der Waals surface area contributed by atoms with Crippen LogP contribution in [0, 0.1) is 5.82 Å². The molecule has 0 spiro atoms. The minimum Gasteiger partial charge on any atom is -0.465 e. The maximum Gasteiger partial charge on any atom is 0.404 e. The van der Waals surface area contributed by atoms with E-state index in [9.17, 15) is 17.6 Å². The molecule has 23 heavy (non-hydrogen) atoms. The van der Waals surface area contributed by atoms with Gasteiger partial charge in [0.05, 0.1) is 0 Å². The van der Waals surface area contributed by atoms with Gasteiger partial charge in [-0.25, -0.2) is 9.18 Å². The molecule has 8 heteroatoms. The van der Waals surface area contributed by atoms with E-state index in [1.54, 1.807) is 12.1 Å². The van der Waals surface area contributed by atoms with E-state index >= 15 is 0 Å². The summed E-state index contributed by atoms with van der Waals surface area (Å²) in [5.74, 6) is -0.424. The van der Waals surface area contributed by atoms with Crippen molar-refractivity contribution in [2.24, 2.45) is 0 Å². The van der Waals surface area contributed by atoms with Crippen molar-refractivity contribution in [3.8, 4) is 5.75 Å². The van der Waals surface area contributed by atoms with Gasteiger partial charge in [0.25, 0.3) is 0 Å². The Morgan fingerprint density at radius 3 is 2.26 bits per heavy atom. The zero-order valence-electron chi connectivity index (χ0n) is 11.9. The van der Waals surface area contributed by atoms with Gasteiger partial charge in [-0.15, -0.1) is 0 Å². The fourth-order valence-corrected chi connectivity index (χ4v) is 2.73. The zero-order valence-corrected chi connectivity index (χ0v) is 12.7. The Kier molecular flexibility index (Phi) is 5.17. The molecule has 2 rings (SSSR count). The minimum absolute atomic E-state index is 0.115. The molecule has 0 saturated carbocycles. The number of hydrogen-bond donors (Lipinski definition) is 2. The molecule has 0 aliphatic rings. The summed E-state index contributed by atoms with van der Waals surface area (Å²) < 4.78 is 41.8. The first-order valence-electron chi connectivity index (χ1n) is 6.62. The second kappa shape index (κ2) is 7.10. The first-order valence-corrected chi connectivity index (χ1v) is 8.03. The lowest BCUT2D eigenvalue weighted by Gasteiger charge is -2.08.